The number of rotatable bonds is 4. The second-order valence-electron chi connectivity index (χ2n) is 4.64. The molecular formula is C14H16BrN3O2S. The van der Waals surface area contributed by atoms with Gasteiger partial charge in [0.05, 0.1) is 4.90 Å². The van der Waals surface area contributed by atoms with Gasteiger partial charge >= 0.3 is 0 Å². The molecule has 0 bridgehead atoms. The minimum absolute atomic E-state index is 0.125. The first-order valence-electron chi connectivity index (χ1n) is 6.37. The monoisotopic (exact) mass is 369 g/mol. The lowest BCUT2D eigenvalue weighted by Gasteiger charge is -2.10. The number of aryl methyl sites for hydroxylation is 2. The fraction of sp³-hybridized carbons (Fsp3) is 0.214. The van der Waals surface area contributed by atoms with Crippen molar-refractivity contribution in [3.8, 4) is 0 Å². The number of hydrogen-bond acceptors (Lipinski definition) is 4. The van der Waals surface area contributed by atoms with E-state index in [0.29, 0.717) is 5.69 Å². The Morgan fingerprint density at radius 2 is 2.05 bits per heavy atom. The molecule has 0 atom stereocenters. The van der Waals surface area contributed by atoms with Gasteiger partial charge in [0, 0.05) is 16.4 Å². The molecule has 0 aliphatic heterocycles. The summed E-state index contributed by atoms with van der Waals surface area (Å²) in [5.41, 5.74) is 8.14. The van der Waals surface area contributed by atoms with Crippen LogP contribution >= 0.6 is 15.9 Å². The lowest BCUT2D eigenvalue weighted by Crippen LogP contribution is -2.14. The minimum atomic E-state index is -3.70. The molecule has 1 aromatic heterocycles. The molecule has 0 unspecified atom stereocenters. The van der Waals surface area contributed by atoms with Gasteiger partial charge in [0.1, 0.15) is 5.82 Å². The van der Waals surface area contributed by atoms with Crippen LogP contribution in [0.1, 0.15) is 18.1 Å². The standard InChI is InChI=1S/C14H16BrN3O2S/c1-3-10-4-5-11(7-13(10)16)21(19,20)18-14-6-9(2)12(15)8-17-14/h4-8H,3,16H2,1-2H3,(H,17,18). The summed E-state index contributed by atoms with van der Waals surface area (Å²) in [5.74, 6) is 0.272. The molecule has 5 nitrogen and oxygen atoms in total. The highest BCUT2D eigenvalue weighted by Crippen LogP contribution is 2.22. The number of sulfonamides is 1. The van der Waals surface area contributed by atoms with Crippen LogP contribution < -0.4 is 10.5 Å². The number of pyridine rings is 1. The molecule has 7 heteroatoms. The molecule has 0 spiro atoms. The van der Waals surface area contributed by atoms with Crippen LogP contribution in [0.2, 0.25) is 0 Å². The van der Waals surface area contributed by atoms with E-state index >= 15 is 0 Å². The zero-order valence-corrected chi connectivity index (χ0v) is 14.1. The van der Waals surface area contributed by atoms with Crippen LogP contribution in [0.15, 0.2) is 39.8 Å². The van der Waals surface area contributed by atoms with E-state index in [0.717, 1.165) is 22.0 Å². The fourth-order valence-electron chi connectivity index (χ4n) is 1.85. The Labute approximate surface area is 132 Å². The van der Waals surface area contributed by atoms with Crippen molar-refractivity contribution in [1.29, 1.82) is 0 Å². The second-order valence-corrected chi connectivity index (χ2v) is 7.18. The van der Waals surface area contributed by atoms with Gasteiger partial charge in [0.25, 0.3) is 10.0 Å². The Balaban J connectivity index is 2.33. The highest BCUT2D eigenvalue weighted by atomic mass is 79.9. The third-order valence-corrected chi connectivity index (χ3v) is 5.28. The van der Waals surface area contributed by atoms with Gasteiger partial charge in [-0.3, -0.25) is 4.72 Å². The molecule has 2 rings (SSSR count). The number of halogens is 1. The maximum absolute atomic E-state index is 12.3. The summed E-state index contributed by atoms with van der Waals surface area (Å²) in [6, 6.07) is 6.39. The van der Waals surface area contributed by atoms with Crippen LogP contribution in [0.25, 0.3) is 0 Å². The van der Waals surface area contributed by atoms with Crippen molar-refractivity contribution in [3.63, 3.8) is 0 Å². The number of nitrogens with two attached hydrogens (primary N) is 1. The van der Waals surface area contributed by atoms with Crippen molar-refractivity contribution >= 4 is 37.5 Å². The van der Waals surface area contributed by atoms with Crippen LogP contribution in [0, 0.1) is 6.92 Å². The number of benzene rings is 1. The maximum Gasteiger partial charge on any atom is 0.263 e. The van der Waals surface area contributed by atoms with Gasteiger partial charge in [-0.05, 0) is 58.6 Å². The normalized spacial score (nSPS) is 11.4. The number of nitrogens with one attached hydrogen (secondary N) is 1. The van der Waals surface area contributed by atoms with Gasteiger partial charge in [0.15, 0.2) is 0 Å². The average molecular weight is 370 g/mol. The van der Waals surface area contributed by atoms with Crippen LogP contribution in [0.4, 0.5) is 11.5 Å². The molecule has 0 radical (unpaired) electrons. The molecule has 0 fully saturated rings. The molecule has 0 saturated heterocycles. The van der Waals surface area contributed by atoms with Gasteiger partial charge in [-0.25, -0.2) is 13.4 Å². The van der Waals surface area contributed by atoms with Crippen molar-refractivity contribution in [3.05, 3.63) is 46.1 Å². The first kappa shape index (κ1) is 15.8. The molecule has 112 valence electrons. The first-order chi connectivity index (χ1) is 9.83. The SMILES string of the molecule is CCc1ccc(S(=O)(=O)Nc2cc(C)c(Br)cn2)cc1N. The summed E-state index contributed by atoms with van der Waals surface area (Å²) < 4.78 is 27.9. The predicted molar refractivity (Wildman–Crippen MR) is 87.7 cm³/mol. The molecule has 3 N–H and O–H groups in total. The van der Waals surface area contributed by atoms with Crippen LogP contribution in [0.5, 0.6) is 0 Å². The molecular weight excluding hydrogens is 354 g/mol. The highest BCUT2D eigenvalue weighted by Gasteiger charge is 2.16. The molecule has 0 saturated carbocycles. The number of nitrogens with zero attached hydrogens (tertiary/aromatic N) is 1. The van der Waals surface area contributed by atoms with Gasteiger partial charge in [0.2, 0.25) is 0 Å². The Kier molecular flexibility index (Phi) is 4.53. The molecule has 1 aromatic carbocycles. The smallest absolute Gasteiger partial charge is 0.263 e. The Bertz CT molecular complexity index is 776. The minimum Gasteiger partial charge on any atom is -0.398 e. The van der Waals surface area contributed by atoms with Crippen molar-refractivity contribution in [2.45, 2.75) is 25.2 Å². The lowest BCUT2D eigenvalue weighted by atomic mass is 10.1. The molecule has 0 aliphatic carbocycles. The van der Waals surface area contributed by atoms with Crippen LogP contribution in [-0.2, 0) is 16.4 Å². The van der Waals surface area contributed by atoms with Gasteiger partial charge in [-0.2, -0.15) is 0 Å². The highest BCUT2D eigenvalue weighted by molar-refractivity contribution is 9.10. The van der Waals surface area contributed by atoms with E-state index < -0.39 is 10.0 Å². The fourth-order valence-corrected chi connectivity index (χ4v) is 3.10. The molecule has 0 aliphatic rings. The van der Waals surface area contributed by atoms with Crippen molar-refractivity contribution in [2.24, 2.45) is 0 Å². The molecule has 2 aromatic rings. The van der Waals surface area contributed by atoms with Gasteiger partial charge in [-0.15, -0.1) is 0 Å². The number of hydrogen-bond donors (Lipinski definition) is 2. The van der Waals surface area contributed by atoms with Crippen molar-refractivity contribution < 1.29 is 8.42 Å². The third-order valence-electron chi connectivity index (χ3n) is 3.09. The first-order valence-corrected chi connectivity index (χ1v) is 8.64. The van der Waals surface area contributed by atoms with Crippen molar-refractivity contribution in [2.75, 3.05) is 10.5 Å². The van der Waals surface area contributed by atoms with E-state index in [9.17, 15) is 8.42 Å². The van der Waals surface area contributed by atoms with Gasteiger partial charge < -0.3 is 5.73 Å². The Hall–Kier alpha value is -1.60. The van der Waals surface area contributed by atoms with E-state index in [1.54, 1.807) is 24.4 Å². The molecule has 0 amide bonds. The van der Waals surface area contributed by atoms with E-state index in [1.807, 2.05) is 13.8 Å². The van der Waals surface area contributed by atoms with E-state index in [-0.39, 0.29) is 10.7 Å². The molecule has 21 heavy (non-hydrogen) atoms. The summed E-state index contributed by atoms with van der Waals surface area (Å²) in [5, 5.41) is 0. The number of anilines is 2. The summed E-state index contributed by atoms with van der Waals surface area (Å²) in [4.78, 5) is 4.16. The lowest BCUT2D eigenvalue weighted by molar-refractivity contribution is 0.601. The van der Waals surface area contributed by atoms with Crippen LogP contribution in [0.3, 0.4) is 0 Å². The Morgan fingerprint density at radius 1 is 1.33 bits per heavy atom. The Morgan fingerprint density at radius 3 is 2.62 bits per heavy atom. The summed E-state index contributed by atoms with van der Waals surface area (Å²) in [6.45, 7) is 3.82. The van der Waals surface area contributed by atoms with E-state index in [4.69, 9.17) is 5.73 Å². The van der Waals surface area contributed by atoms with Crippen LogP contribution in [-0.4, -0.2) is 13.4 Å². The van der Waals surface area contributed by atoms with E-state index in [1.165, 1.54) is 6.07 Å². The zero-order chi connectivity index (χ0) is 15.6. The van der Waals surface area contributed by atoms with Crippen molar-refractivity contribution in [1.82, 2.24) is 4.98 Å². The second kappa shape index (κ2) is 6.03. The summed E-state index contributed by atoms with van der Waals surface area (Å²) in [7, 11) is -3.70. The third kappa shape index (κ3) is 3.54. The summed E-state index contributed by atoms with van der Waals surface area (Å²) >= 11 is 3.32. The maximum atomic E-state index is 12.3. The topological polar surface area (TPSA) is 85.1 Å². The quantitative estimate of drug-likeness (QED) is 0.810. The average Bonchev–Trinajstić information content (AvgIpc) is 2.42. The number of aromatic nitrogens is 1. The predicted octanol–water partition coefficient (Wildman–Crippen LogP) is 3.10. The largest absolute Gasteiger partial charge is 0.398 e. The molecule has 1 heterocycles. The van der Waals surface area contributed by atoms with E-state index in [2.05, 4.69) is 25.6 Å². The number of nitrogen functional groups attached to an aromatic ring is 1. The zero-order valence-electron chi connectivity index (χ0n) is 11.7. The summed E-state index contributed by atoms with van der Waals surface area (Å²) in [6.07, 6.45) is 2.31. The van der Waals surface area contributed by atoms with Gasteiger partial charge in [-0.1, -0.05) is 13.0 Å².